The average molecular weight is 420 g/mol. The van der Waals surface area contributed by atoms with Crippen molar-refractivity contribution >= 4 is 5.96 Å². The minimum Gasteiger partial charge on any atom is -0.379 e. The molecule has 170 valence electrons. The van der Waals surface area contributed by atoms with Gasteiger partial charge in [-0.15, -0.1) is 0 Å². The minimum absolute atomic E-state index is 0.148. The summed E-state index contributed by atoms with van der Waals surface area (Å²) in [6, 6.07) is 8.45. The van der Waals surface area contributed by atoms with Crippen molar-refractivity contribution in [2.24, 2.45) is 16.3 Å². The predicted molar refractivity (Wildman–Crippen MR) is 123 cm³/mol. The third-order valence-electron chi connectivity index (χ3n) is 5.35. The second-order valence-corrected chi connectivity index (χ2v) is 8.94. The van der Waals surface area contributed by atoms with Crippen molar-refractivity contribution in [1.82, 2.24) is 10.6 Å². The molecule has 1 fully saturated rings. The molecule has 0 aromatic heterocycles. The monoisotopic (exact) mass is 419 g/mol. The number of rotatable bonds is 10. The van der Waals surface area contributed by atoms with Crippen molar-refractivity contribution in [3.8, 4) is 0 Å². The smallest absolute Gasteiger partial charge is 0.191 e. The molecule has 30 heavy (non-hydrogen) atoms. The summed E-state index contributed by atoms with van der Waals surface area (Å²) >= 11 is 0. The van der Waals surface area contributed by atoms with Crippen molar-refractivity contribution in [3.63, 3.8) is 0 Å². The predicted octanol–water partition coefficient (Wildman–Crippen LogP) is 3.75. The van der Waals surface area contributed by atoms with Crippen LogP contribution in [0.3, 0.4) is 0 Å². The molecule has 1 aliphatic heterocycles. The fraction of sp³-hybridized carbons (Fsp3) is 0.708. The molecule has 6 nitrogen and oxygen atoms in total. The van der Waals surface area contributed by atoms with Crippen LogP contribution in [0, 0.1) is 11.3 Å². The number of nitrogens with one attached hydrogen (secondary N) is 2. The van der Waals surface area contributed by atoms with Crippen LogP contribution >= 0.6 is 0 Å². The Morgan fingerprint density at radius 1 is 1.17 bits per heavy atom. The molecule has 1 aromatic carbocycles. The molecule has 1 aliphatic rings. The Morgan fingerprint density at radius 3 is 2.67 bits per heavy atom. The number of ether oxygens (including phenoxy) is 3. The van der Waals surface area contributed by atoms with Gasteiger partial charge in [-0.1, -0.05) is 45.0 Å². The molecule has 0 aliphatic carbocycles. The summed E-state index contributed by atoms with van der Waals surface area (Å²) in [6.07, 6.45) is 2.60. The summed E-state index contributed by atoms with van der Waals surface area (Å²) in [4.78, 5) is 4.39. The van der Waals surface area contributed by atoms with Crippen LogP contribution in [-0.2, 0) is 27.4 Å². The van der Waals surface area contributed by atoms with Gasteiger partial charge in [-0.2, -0.15) is 0 Å². The Kier molecular flexibility index (Phi) is 10.6. The van der Waals surface area contributed by atoms with E-state index < -0.39 is 0 Å². The van der Waals surface area contributed by atoms with Gasteiger partial charge in [0.05, 0.1) is 25.9 Å². The van der Waals surface area contributed by atoms with Gasteiger partial charge in [0.1, 0.15) is 0 Å². The Hall–Kier alpha value is -1.63. The van der Waals surface area contributed by atoms with Gasteiger partial charge in [0.25, 0.3) is 0 Å². The molecule has 2 rings (SSSR count). The van der Waals surface area contributed by atoms with Gasteiger partial charge in [-0.3, -0.25) is 4.99 Å². The van der Waals surface area contributed by atoms with Crippen molar-refractivity contribution < 1.29 is 14.2 Å². The summed E-state index contributed by atoms with van der Waals surface area (Å²) in [5, 5.41) is 6.93. The zero-order chi connectivity index (χ0) is 21.8. The lowest BCUT2D eigenvalue weighted by Crippen LogP contribution is -2.47. The molecule has 1 aromatic rings. The van der Waals surface area contributed by atoms with E-state index in [1.807, 2.05) is 14.0 Å². The summed E-state index contributed by atoms with van der Waals surface area (Å²) in [7, 11) is 1.82. The molecule has 0 amide bonds. The van der Waals surface area contributed by atoms with Gasteiger partial charge in [-0.05, 0) is 36.3 Å². The van der Waals surface area contributed by atoms with E-state index >= 15 is 0 Å². The SMILES string of the molecule is CCOCCOCc1cccc(CNC(=NC)NCC2CCCOC2C(C)(C)C)c1. The number of nitrogens with zero attached hydrogens (tertiary/aromatic N) is 1. The molecule has 6 heteroatoms. The molecular formula is C24H41N3O3. The van der Waals surface area contributed by atoms with E-state index in [9.17, 15) is 0 Å². The first-order chi connectivity index (χ1) is 14.4. The van der Waals surface area contributed by atoms with Crippen molar-refractivity contribution in [2.75, 3.05) is 40.0 Å². The largest absolute Gasteiger partial charge is 0.379 e. The average Bonchev–Trinajstić information content (AvgIpc) is 2.73. The lowest BCUT2D eigenvalue weighted by Gasteiger charge is -2.40. The van der Waals surface area contributed by atoms with E-state index in [-0.39, 0.29) is 11.5 Å². The molecule has 2 unspecified atom stereocenters. The van der Waals surface area contributed by atoms with Gasteiger partial charge < -0.3 is 24.8 Å². The van der Waals surface area contributed by atoms with E-state index in [1.165, 1.54) is 17.5 Å². The standard InChI is InChI=1S/C24H41N3O3/c1-6-28-13-14-29-18-20-10-7-9-19(15-20)16-26-23(25-5)27-17-21-11-8-12-30-22(21)24(2,3)4/h7,9-10,15,21-22H,6,8,11-14,16-18H2,1-5H3,(H2,25,26,27). The van der Waals surface area contributed by atoms with Gasteiger partial charge >= 0.3 is 0 Å². The summed E-state index contributed by atoms with van der Waals surface area (Å²) in [5.41, 5.74) is 2.52. The second kappa shape index (κ2) is 12.9. The van der Waals surface area contributed by atoms with Crippen LogP contribution in [0.25, 0.3) is 0 Å². The van der Waals surface area contributed by atoms with Gasteiger partial charge in [0, 0.05) is 39.3 Å². The number of hydrogen-bond acceptors (Lipinski definition) is 4. The molecule has 2 N–H and O–H groups in total. The van der Waals surface area contributed by atoms with Crippen molar-refractivity contribution in [1.29, 1.82) is 0 Å². The fourth-order valence-corrected chi connectivity index (χ4v) is 3.93. The highest BCUT2D eigenvalue weighted by molar-refractivity contribution is 5.79. The summed E-state index contributed by atoms with van der Waals surface area (Å²) < 4.78 is 17.1. The van der Waals surface area contributed by atoms with E-state index in [1.54, 1.807) is 0 Å². The van der Waals surface area contributed by atoms with E-state index in [0.717, 1.165) is 38.7 Å². The van der Waals surface area contributed by atoms with Gasteiger partial charge in [-0.25, -0.2) is 0 Å². The van der Waals surface area contributed by atoms with E-state index in [2.05, 4.69) is 60.7 Å². The Morgan fingerprint density at radius 2 is 1.93 bits per heavy atom. The van der Waals surface area contributed by atoms with Gasteiger partial charge in [0.2, 0.25) is 0 Å². The van der Waals surface area contributed by atoms with Crippen LogP contribution in [0.5, 0.6) is 0 Å². The number of benzene rings is 1. The first-order valence-electron chi connectivity index (χ1n) is 11.2. The Balaban J connectivity index is 1.79. The number of guanidine groups is 1. The molecular weight excluding hydrogens is 378 g/mol. The normalized spacial score (nSPS) is 20.2. The maximum absolute atomic E-state index is 6.10. The molecule has 0 bridgehead atoms. The van der Waals surface area contributed by atoms with Crippen molar-refractivity contribution in [3.05, 3.63) is 35.4 Å². The first-order valence-corrected chi connectivity index (χ1v) is 11.2. The fourth-order valence-electron chi connectivity index (χ4n) is 3.93. The van der Waals surface area contributed by atoms with Crippen LogP contribution in [0.1, 0.15) is 51.7 Å². The maximum Gasteiger partial charge on any atom is 0.191 e. The van der Waals surface area contributed by atoms with Crippen LogP contribution in [0.15, 0.2) is 29.3 Å². The molecule has 1 saturated heterocycles. The van der Waals surface area contributed by atoms with Crippen LogP contribution in [0.2, 0.25) is 0 Å². The van der Waals surface area contributed by atoms with E-state index in [4.69, 9.17) is 14.2 Å². The third-order valence-corrected chi connectivity index (χ3v) is 5.35. The summed E-state index contributed by atoms with van der Waals surface area (Å²) in [5.74, 6) is 1.32. The molecule has 1 heterocycles. The molecule has 0 spiro atoms. The molecule has 0 saturated carbocycles. The zero-order valence-electron chi connectivity index (χ0n) is 19.5. The maximum atomic E-state index is 6.10. The van der Waals surface area contributed by atoms with Gasteiger partial charge in [0.15, 0.2) is 5.96 Å². The Labute approximate surface area is 182 Å². The lowest BCUT2D eigenvalue weighted by atomic mass is 9.78. The summed E-state index contributed by atoms with van der Waals surface area (Å²) in [6.45, 7) is 13.8. The number of aliphatic imine (C=N–C) groups is 1. The third kappa shape index (κ3) is 8.62. The van der Waals surface area contributed by atoms with Crippen LogP contribution in [-0.4, -0.2) is 52.1 Å². The Bertz CT molecular complexity index is 643. The second-order valence-electron chi connectivity index (χ2n) is 8.94. The molecule has 0 radical (unpaired) electrons. The highest BCUT2D eigenvalue weighted by Crippen LogP contribution is 2.33. The minimum atomic E-state index is 0.148. The topological polar surface area (TPSA) is 64.1 Å². The first kappa shape index (κ1) is 24.6. The highest BCUT2D eigenvalue weighted by Gasteiger charge is 2.35. The molecule has 2 atom stereocenters. The van der Waals surface area contributed by atoms with E-state index in [0.29, 0.717) is 25.7 Å². The van der Waals surface area contributed by atoms with Crippen LogP contribution < -0.4 is 10.6 Å². The number of hydrogen-bond donors (Lipinski definition) is 2. The quantitative estimate of drug-likeness (QED) is 0.344. The van der Waals surface area contributed by atoms with Crippen LogP contribution in [0.4, 0.5) is 0 Å². The highest BCUT2D eigenvalue weighted by atomic mass is 16.5. The van der Waals surface area contributed by atoms with Crippen molar-refractivity contribution in [2.45, 2.75) is 59.8 Å². The lowest BCUT2D eigenvalue weighted by molar-refractivity contribution is -0.0835. The zero-order valence-corrected chi connectivity index (χ0v) is 19.5.